The van der Waals surface area contributed by atoms with E-state index in [1.54, 1.807) is 50.6 Å². The maximum atomic E-state index is 12.7. The summed E-state index contributed by atoms with van der Waals surface area (Å²) in [7, 11) is 3.16. The number of benzene rings is 1. The van der Waals surface area contributed by atoms with Gasteiger partial charge in [0.2, 0.25) is 23.4 Å². The molecule has 0 saturated carbocycles. The van der Waals surface area contributed by atoms with E-state index in [2.05, 4.69) is 16.4 Å². The van der Waals surface area contributed by atoms with Gasteiger partial charge in [0.15, 0.2) is 5.76 Å². The molecule has 0 aliphatic carbocycles. The molecule has 1 aliphatic heterocycles. The standard InChI is InChI=1S/C24H26N6O5/c1-28(15-21(31)26-17-5-3-6-18(13-17)33-2)22(32)16-29-8-10-30(11-9-29)24-19(14-25)27-23(35-24)20-7-4-12-34-20/h3-7,12-13H,8-11,15-16H2,1-2H3,(H,26,31). The highest BCUT2D eigenvalue weighted by molar-refractivity contribution is 5.94. The highest BCUT2D eigenvalue weighted by Crippen LogP contribution is 2.29. The molecule has 1 aromatic carbocycles. The van der Waals surface area contributed by atoms with Crippen LogP contribution in [0.25, 0.3) is 11.7 Å². The minimum Gasteiger partial charge on any atom is -0.497 e. The van der Waals surface area contributed by atoms with Crippen molar-refractivity contribution < 1.29 is 23.2 Å². The van der Waals surface area contributed by atoms with Crippen LogP contribution in [-0.2, 0) is 9.59 Å². The number of hydrogen-bond donors (Lipinski definition) is 1. The molecule has 2 amide bonds. The smallest absolute Gasteiger partial charge is 0.266 e. The van der Waals surface area contributed by atoms with Gasteiger partial charge in [-0.25, -0.2) is 0 Å². The number of nitriles is 1. The first kappa shape index (κ1) is 23.8. The molecule has 1 N–H and O–H groups in total. The largest absolute Gasteiger partial charge is 0.497 e. The lowest BCUT2D eigenvalue weighted by Gasteiger charge is -2.34. The Morgan fingerprint density at radius 3 is 2.71 bits per heavy atom. The Kier molecular flexibility index (Phi) is 7.32. The van der Waals surface area contributed by atoms with Gasteiger partial charge >= 0.3 is 0 Å². The number of methoxy groups -OCH3 is 1. The van der Waals surface area contributed by atoms with Crippen molar-refractivity contribution in [1.82, 2.24) is 14.8 Å². The number of nitrogens with one attached hydrogen (secondary N) is 1. The van der Waals surface area contributed by atoms with Crippen molar-refractivity contribution in [1.29, 1.82) is 5.26 Å². The van der Waals surface area contributed by atoms with E-state index >= 15 is 0 Å². The molecule has 3 heterocycles. The van der Waals surface area contributed by atoms with Crippen LogP contribution in [0.2, 0.25) is 0 Å². The van der Waals surface area contributed by atoms with Gasteiger partial charge in [-0.3, -0.25) is 14.5 Å². The number of nitrogens with zero attached hydrogens (tertiary/aromatic N) is 5. The number of amides is 2. The maximum Gasteiger partial charge on any atom is 0.266 e. The summed E-state index contributed by atoms with van der Waals surface area (Å²) in [5, 5.41) is 12.2. The van der Waals surface area contributed by atoms with Crippen molar-refractivity contribution >= 4 is 23.4 Å². The first-order valence-electron chi connectivity index (χ1n) is 11.1. The molecule has 0 unspecified atom stereocenters. The van der Waals surface area contributed by atoms with E-state index in [-0.39, 0.29) is 36.5 Å². The number of carbonyl (C=O) groups is 2. The van der Waals surface area contributed by atoms with E-state index in [9.17, 15) is 14.9 Å². The number of aromatic nitrogens is 1. The van der Waals surface area contributed by atoms with E-state index in [4.69, 9.17) is 13.6 Å². The number of oxazole rings is 1. The molecule has 1 aliphatic rings. The van der Waals surface area contributed by atoms with Gasteiger partial charge in [0.25, 0.3) is 5.89 Å². The summed E-state index contributed by atoms with van der Waals surface area (Å²) in [6.07, 6.45) is 1.51. The van der Waals surface area contributed by atoms with Crippen LogP contribution < -0.4 is 15.0 Å². The second-order valence-corrected chi connectivity index (χ2v) is 8.06. The molecule has 35 heavy (non-hydrogen) atoms. The van der Waals surface area contributed by atoms with Crippen LogP contribution in [0.3, 0.4) is 0 Å². The van der Waals surface area contributed by atoms with Crippen LogP contribution in [0.4, 0.5) is 11.6 Å². The maximum absolute atomic E-state index is 12.7. The lowest BCUT2D eigenvalue weighted by Crippen LogP contribution is -2.50. The highest BCUT2D eigenvalue weighted by atomic mass is 16.5. The fraction of sp³-hybridized carbons (Fsp3) is 0.333. The van der Waals surface area contributed by atoms with Gasteiger partial charge in [-0.15, -0.1) is 0 Å². The lowest BCUT2D eigenvalue weighted by molar-refractivity contribution is -0.134. The zero-order valence-corrected chi connectivity index (χ0v) is 19.6. The Morgan fingerprint density at radius 1 is 1.23 bits per heavy atom. The molecular formula is C24H26N6O5. The third-order valence-corrected chi connectivity index (χ3v) is 5.63. The van der Waals surface area contributed by atoms with E-state index in [1.807, 2.05) is 9.80 Å². The third kappa shape index (κ3) is 5.80. The molecule has 1 fully saturated rings. The summed E-state index contributed by atoms with van der Waals surface area (Å²) in [5.41, 5.74) is 0.799. The zero-order chi connectivity index (χ0) is 24.8. The second-order valence-electron chi connectivity index (χ2n) is 8.06. The van der Waals surface area contributed by atoms with Gasteiger partial charge in [0.1, 0.15) is 11.8 Å². The summed E-state index contributed by atoms with van der Waals surface area (Å²) in [5.74, 6) is 1.30. The Balaban J connectivity index is 1.26. The SMILES string of the molecule is COc1cccc(NC(=O)CN(C)C(=O)CN2CCN(c3oc(-c4ccco4)nc3C#N)CC2)c1. The summed E-state index contributed by atoms with van der Waals surface area (Å²) in [6.45, 7) is 2.45. The van der Waals surface area contributed by atoms with Crippen molar-refractivity contribution in [3.63, 3.8) is 0 Å². The molecule has 0 bridgehead atoms. The fourth-order valence-electron chi connectivity index (χ4n) is 3.73. The third-order valence-electron chi connectivity index (χ3n) is 5.63. The summed E-state index contributed by atoms with van der Waals surface area (Å²) < 4.78 is 16.3. The molecular weight excluding hydrogens is 452 g/mol. The van der Waals surface area contributed by atoms with Crippen molar-refractivity contribution in [3.8, 4) is 23.5 Å². The molecule has 0 spiro atoms. The van der Waals surface area contributed by atoms with Gasteiger partial charge in [-0.05, 0) is 24.3 Å². The Labute approximate surface area is 202 Å². The van der Waals surface area contributed by atoms with Crippen LogP contribution in [-0.4, -0.2) is 80.0 Å². The van der Waals surface area contributed by atoms with E-state index < -0.39 is 0 Å². The molecule has 11 nitrogen and oxygen atoms in total. The average Bonchev–Trinajstić information content (AvgIpc) is 3.54. The van der Waals surface area contributed by atoms with Crippen LogP contribution in [0, 0.1) is 11.3 Å². The predicted octanol–water partition coefficient (Wildman–Crippen LogP) is 2.03. The Hall–Kier alpha value is -4.30. The van der Waals surface area contributed by atoms with Crippen molar-refractivity contribution in [2.24, 2.45) is 0 Å². The lowest BCUT2D eigenvalue weighted by atomic mass is 10.3. The molecule has 0 radical (unpaired) electrons. The normalized spacial score (nSPS) is 13.8. The van der Waals surface area contributed by atoms with Crippen molar-refractivity contribution in [3.05, 3.63) is 48.4 Å². The first-order chi connectivity index (χ1) is 17.0. The number of anilines is 2. The topological polar surface area (TPSA) is 128 Å². The van der Waals surface area contributed by atoms with Gasteiger partial charge in [-0.2, -0.15) is 10.2 Å². The molecule has 182 valence electrons. The van der Waals surface area contributed by atoms with Gasteiger partial charge in [0, 0.05) is 45.0 Å². The number of rotatable bonds is 8. The van der Waals surface area contributed by atoms with Crippen molar-refractivity contribution in [2.75, 3.05) is 63.6 Å². The zero-order valence-electron chi connectivity index (χ0n) is 19.6. The van der Waals surface area contributed by atoms with Gasteiger partial charge < -0.3 is 28.7 Å². The molecule has 4 rings (SSSR count). The van der Waals surface area contributed by atoms with Crippen LogP contribution in [0.1, 0.15) is 5.69 Å². The van der Waals surface area contributed by atoms with Crippen LogP contribution in [0.5, 0.6) is 5.75 Å². The molecule has 2 aromatic heterocycles. The second kappa shape index (κ2) is 10.8. The molecule has 1 saturated heterocycles. The summed E-state index contributed by atoms with van der Waals surface area (Å²) in [6, 6.07) is 12.5. The Morgan fingerprint density at radius 2 is 2.03 bits per heavy atom. The van der Waals surface area contributed by atoms with Crippen LogP contribution in [0.15, 0.2) is 51.5 Å². The number of likely N-dealkylation sites (N-methyl/N-ethyl adjacent to an activating group) is 1. The minimum absolute atomic E-state index is 0.0604. The van der Waals surface area contributed by atoms with Crippen LogP contribution >= 0.6 is 0 Å². The summed E-state index contributed by atoms with van der Waals surface area (Å²) in [4.78, 5) is 34.6. The fourth-order valence-corrected chi connectivity index (χ4v) is 3.73. The first-order valence-corrected chi connectivity index (χ1v) is 11.1. The number of furan rings is 1. The van der Waals surface area contributed by atoms with Crippen molar-refractivity contribution in [2.45, 2.75) is 0 Å². The molecule has 3 aromatic rings. The molecule has 0 atom stereocenters. The number of ether oxygens (including phenoxy) is 1. The number of carbonyl (C=O) groups excluding carboxylic acids is 2. The predicted molar refractivity (Wildman–Crippen MR) is 127 cm³/mol. The van der Waals surface area contributed by atoms with E-state index in [0.29, 0.717) is 49.3 Å². The average molecular weight is 479 g/mol. The summed E-state index contributed by atoms with van der Waals surface area (Å²) >= 11 is 0. The minimum atomic E-state index is -0.291. The quantitative estimate of drug-likeness (QED) is 0.517. The highest BCUT2D eigenvalue weighted by Gasteiger charge is 2.26. The number of piperazine rings is 1. The number of hydrogen-bond acceptors (Lipinski definition) is 9. The Bertz CT molecular complexity index is 1210. The molecule has 11 heteroatoms. The van der Waals surface area contributed by atoms with Gasteiger partial charge in [-0.1, -0.05) is 6.07 Å². The monoisotopic (exact) mass is 478 g/mol. The van der Waals surface area contributed by atoms with E-state index in [0.717, 1.165) is 0 Å². The van der Waals surface area contributed by atoms with E-state index in [1.165, 1.54) is 11.2 Å². The van der Waals surface area contributed by atoms with Gasteiger partial charge in [0.05, 0.1) is 26.5 Å².